The van der Waals surface area contributed by atoms with Crippen LogP contribution >= 0.6 is 0 Å². The summed E-state index contributed by atoms with van der Waals surface area (Å²) in [5.74, 6) is 0. The molecule has 0 aromatic carbocycles. The summed E-state index contributed by atoms with van der Waals surface area (Å²) in [7, 11) is 0. The maximum atomic E-state index is 4.46. The van der Waals surface area contributed by atoms with Gasteiger partial charge in [0.05, 0.1) is 0 Å². The number of hydrogen-bond donors (Lipinski definition) is 0. The molecule has 0 fully saturated rings. The third kappa shape index (κ3) is 7.93. The Labute approximate surface area is 137 Å². The van der Waals surface area contributed by atoms with Gasteiger partial charge in [0.15, 0.2) is 0 Å². The molecule has 5 heteroatoms. The average molecular weight is 332 g/mol. The van der Waals surface area contributed by atoms with Crippen molar-refractivity contribution in [1.29, 1.82) is 0 Å². The zero-order chi connectivity index (χ0) is 13.9. The van der Waals surface area contributed by atoms with Crippen molar-refractivity contribution in [3.63, 3.8) is 0 Å². The van der Waals surface area contributed by atoms with E-state index in [2.05, 4.69) is 20.6 Å². The molecule has 115 valence electrons. The third-order valence-corrected chi connectivity index (χ3v) is 2.92. The summed E-state index contributed by atoms with van der Waals surface area (Å²) in [6.45, 7) is 3.25. The van der Waals surface area contributed by atoms with E-state index in [0.717, 1.165) is 50.4 Å². The average Bonchev–Trinajstić information content (AvgIpc) is 2.52. The molecule has 0 saturated carbocycles. The Morgan fingerprint density at radius 2 is 1.14 bits per heavy atom. The van der Waals surface area contributed by atoms with Crippen molar-refractivity contribution in [2.75, 3.05) is 26.2 Å². The van der Waals surface area contributed by atoms with Crippen LogP contribution in [0.15, 0.2) is 48.8 Å². The molecule has 0 unspecified atom stereocenters. The molecule has 4 nitrogen and oxygen atoms in total. The van der Waals surface area contributed by atoms with Crippen LogP contribution in [0.2, 0.25) is 0 Å². The molecule has 0 amide bonds. The molecule has 2 rings (SSSR count). The van der Waals surface area contributed by atoms with E-state index in [1.165, 1.54) is 0 Å². The van der Waals surface area contributed by atoms with E-state index in [-0.39, 0.29) is 17.1 Å². The second-order valence-corrected chi connectivity index (χ2v) is 4.48. The van der Waals surface area contributed by atoms with Crippen LogP contribution in [0.5, 0.6) is 0 Å². The largest absolute Gasteiger partial charge is 2.00 e. The molecule has 2 aromatic rings. The Balaban J connectivity index is 0.00000220. The Morgan fingerprint density at radius 1 is 0.667 bits per heavy atom. The summed E-state index contributed by atoms with van der Waals surface area (Å²) in [5, 5.41) is 8.92. The summed E-state index contributed by atoms with van der Waals surface area (Å²) < 4.78 is 0. The van der Waals surface area contributed by atoms with E-state index >= 15 is 0 Å². The summed E-state index contributed by atoms with van der Waals surface area (Å²) >= 11 is 0. The summed E-state index contributed by atoms with van der Waals surface area (Å²) in [4.78, 5) is 8.54. The molecule has 2 aromatic heterocycles. The smallest absolute Gasteiger partial charge is 0.663 e. The maximum Gasteiger partial charge on any atom is 2.00 e. The maximum absolute atomic E-state index is 4.46. The van der Waals surface area contributed by atoms with E-state index in [4.69, 9.17) is 0 Å². The molecule has 2 heterocycles. The van der Waals surface area contributed by atoms with Crippen LogP contribution in [0, 0.1) is 0 Å². The molecule has 0 aliphatic carbocycles. The monoisotopic (exact) mass is 331 g/mol. The summed E-state index contributed by atoms with van der Waals surface area (Å²) in [6.07, 6.45) is 5.47. The second kappa shape index (κ2) is 11.4. The molecule has 21 heavy (non-hydrogen) atoms. The topological polar surface area (TPSA) is 54.0 Å². The molecule has 0 N–H and O–H groups in total. The van der Waals surface area contributed by atoms with Gasteiger partial charge in [-0.3, -0.25) is 9.97 Å². The van der Waals surface area contributed by atoms with Gasteiger partial charge in [-0.1, -0.05) is 12.1 Å². The van der Waals surface area contributed by atoms with Crippen LogP contribution in [-0.4, -0.2) is 36.1 Å². The van der Waals surface area contributed by atoms with Crippen LogP contribution in [-0.2, 0) is 29.9 Å². The van der Waals surface area contributed by atoms with Gasteiger partial charge in [-0.15, -0.1) is 13.1 Å². The van der Waals surface area contributed by atoms with Crippen molar-refractivity contribution in [1.82, 2.24) is 9.97 Å². The Bertz CT molecular complexity index is 419. The Kier molecular flexibility index (Phi) is 9.66. The van der Waals surface area contributed by atoms with Crippen LogP contribution < -0.4 is 0 Å². The number of aromatic nitrogens is 2. The molecular weight excluding hydrogens is 312 g/mol. The molecule has 0 bridgehead atoms. The first-order valence-electron chi connectivity index (χ1n) is 7.01. The van der Waals surface area contributed by atoms with E-state index in [1.54, 1.807) is 0 Å². The van der Waals surface area contributed by atoms with Gasteiger partial charge in [-0.2, -0.15) is 13.1 Å². The predicted molar refractivity (Wildman–Crippen MR) is 82.1 cm³/mol. The van der Waals surface area contributed by atoms with Crippen molar-refractivity contribution >= 4 is 0 Å². The van der Waals surface area contributed by atoms with E-state index in [9.17, 15) is 0 Å². The molecule has 0 spiro atoms. The number of hydrogen-bond acceptors (Lipinski definition) is 2. The van der Waals surface area contributed by atoms with Crippen molar-refractivity contribution in [2.45, 2.75) is 12.8 Å². The molecule has 1 radical (unpaired) electrons. The normalized spacial score (nSPS) is 10.1. The Hall–Kier alpha value is -1.26. The molecule has 0 aliphatic heterocycles. The van der Waals surface area contributed by atoms with Gasteiger partial charge in [-0.05, 0) is 37.1 Å². The first kappa shape index (κ1) is 17.8. The van der Waals surface area contributed by atoms with Crippen LogP contribution in [0.4, 0.5) is 0 Å². The van der Waals surface area contributed by atoms with Crippen molar-refractivity contribution in [3.05, 3.63) is 70.8 Å². The van der Waals surface area contributed by atoms with Gasteiger partial charge in [-0.25, -0.2) is 0 Å². The van der Waals surface area contributed by atoms with Gasteiger partial charge in [0, 0.05) is 23.8 Å². The minimum atomic E-state index is 0. The van der Waals surface area contributed by atoms with Gasteiger partial charge >= 0.3 is 17.1 Å². The summed E-state index contributed by atoms with van der Waals surface area (Å²) in [6, 6.07) is 12.0. The fourth-order valence-electron chi connectivity index (χ4n) is 1.84. The van der Waals surface area contributed by atoms with E-state index < -0.39 is 0 Å². The Morgan fingerprint density at radius 3 is 1.52 bits per heavy atom. The number of pyridine rings is 2. The van der Waals surface area contributed by atoms with Crippen LogP contribution in [0.1, 0.15) is 11.4 Å². The zero-order valence-corrected chi connectivity index (χ0v) is 12.9. The van der Waals surface area contributed by atoms with Crippen molar-refractivity contribution < 1.29 is 17.1 Å². The van der Waals surface area contributed by atoms with Crippen molar-refractivity contribution in [3.8, 4) is 0 Å². The quantitative estimate of drug-likeness (QED) is 0.524. The van der Waals surface area contributed by atoms with Gasteiger partial charge in [0.25, 0.3) is 0 Å². The van der Waals surface area contributed by atoms with Gasteiger partial charge in [0.1, 0.15) is 0 Å². The molecule has 0 aliphatic rings. The molecule has 0 atom stereocenters. The number of rotatable bonds is 9. The number of nitrogens with zero attached hydrogens (tertiary/aromatic N) is 4. The fraction of sp³-hybridized carbons (Fsp3) is 0.375. The fourth-order valence-corrected chi connectivity index (χ4v) is 1.84. The zero-order valence-electron chi connectivity index (χ0n) is 12.0. The minimum absolute atomic E-state index is 0. The van der Waals surface area contributed by atoms with Gasteiger partial charge in [0.2, 0.25) is 0 Å². The van der Waals surface area contributed by atoms with Gasteiger partial charge < -0.3 is 10.6 Å². The standard InChI is InChI=1S/C16H20N4.Cu/c1-3-9-19-15(5-1)7-11-17-13-14-18-12-8-16-6-2-4-10-20-16;/h1-6,9-10H,7-8,11-14H2;/q-2;+2. The van der Waals surface area contributed by atoms with Crippen LogP contribution in [0.3, 0.4) is 0 Å². The van der Waals surface area contributed by atoms with E-state index in [1.807, 2.05) is 48.8 Å². The third-order valence-electron chi connectivity index (χ3n) is 2.92. The van der Waals surface area contributed by atoms with E-state index in [0.29, 0.717) is 0 Å². The molecule has 0 saturated heterocycles. The first-order valence-corrected chi connectivity index (χ1v) is 7.01. The SMILES string of the molecule is [Cu+2].c1ccc(CC[N-]CC[N-]CCc2ccccn2)nc1. The minimum Gasteiger partial charge on any atom is -0.663 e. The van der Waals surface area contributed by atoms with Crippen LogP contribution in [0.25, 0.3) is 10.6 Å². The summed E-state index contributed by atoms with van der Waals surface area (Å²) in [5.41, 5.74) is 2.20. The second-order valence-electron chi connectivity index (χ2n) is 4.48. The first-order chi connectivity index (χ1) is 9.95. The van der Waals surface area contributed by atoms with Crippen molar-refractivity contribution in [2.24, 2.45) is 0 Å². The molecular formula is C16H20CuN4. The predicted octanol–water partition coefficient (Wildman–Crippen LogP) is 3.01.